The second kappa shape index (κ2) is 6.13. The van der Waals surface area contributed by atoms with E-state index < -0.39 is 6.09 Å². The maximum Gasteiger partial charge on any atom is 0.411 e. The van der Waals surface area contributed by atoms with Crippen LogP contribution >= 0.6 is 0 Å². The lowest BCUT2D eigenvalue weighted by atomic mass is 10.1. The molecule has 17 heavy (non-hydrogen) atoms. The van der Waals surface area contributed by atoms with Crippen molar-refractivity contribution in [3.8, 4) is 5.75 Å². The van der Waals surface area contributed by atoms with E-state index in [1.807, 2.05) is 32.9 Å². The second-order valence-corrected chi connectivity index (χ2v) is 3.71. The summed E-state index contributed by atoms with van der Waals surface area (Å²) in [7, 11) is 0. The fraction of sp³-hybridized carbons (Fsp3) is 0.462. The highest BCUT2D eigenvalue weighted by molar-refractivity contribution is 5.86. The van der Waals surface area contributed by atoms with Crippen molar-refractivity contribution in [1.29, 1.82) is 0 Å². The Hall–Kier alpha value is -1.71. The molecule has 0 saturated carbocycles. The lowest BCUT2D eigenvalue weighted by Crippen LogP contribution is -2.14. The molecular weight excluding hydrogens is 218 g/mol. The van der Waals surface area contributed by atoms with Crippen molar-refractivity contribution in [2.24, 2.45) is 0 Å². The summed E-state index contributed by atoms with van der Waals surface area (Å²) in [4.78, 5) is 11.3. The zero-order valence-electron chi connectivity index (χ0n) is 10.8. The Labute approximate surface area is 102 Å². The smallest absolute Gasteiger partial charge is 0.411 e. The molecule has 0 aromatic heterocycles. The number of anilines is 1. The van der Waals surface area contributed by atoms with E-state index in [4.69, 9.17) is 9.47 Å². The van der Waals surface area contributed by atoms with Gasteiger partial charge < -0.3 is 9.47 Å². The van der Waals surface area contributed by atoms with Gasteiger partial charge in [0.25, 0.3) is 0 Å². The van der Waals surface area contributed by atoms with Crippen molar-refractivity contribution in [3.63, 3.8) is 0 Å². The van der Waals surface area contributed by atoms with E-state index in [1.165, 1.54) is 0 Å². The summed E-state index contributed by atoms with van der Waals surface area (Å²) < 4.78 is 10.3. The van der Waals surface area contributed by atoms with Crippen molar-refractivity contribution in [1.82, 2.24) is 0 Å². The minimum absolute atomic E-state index is 0.362. The first-order valence-electron chi connectivity index (χ1n) is 5.76. The first-order chi connectivity index (χ1) is 8.08. The molecule has 1 N–H and O–H groups in total. The minimum atomic E-state index is -0.431. The Balaban J connectivity index is 2.87. The second-order valence-electron chi connectivity index (χ2n) is 3.71. The van der Waals surface area contributed by atoms with E-state index in [2.05, 4.69) is 5.32 Å². The molecule has 0 fully saturated rings. The van der Waals surface area contributed by atoms with Crippen LogP contribution in [-0.4, -0.2) is 19.3 Å². The van der Waals surface area contributed by atoms with Crippen molar-refractivity contribution in [3.05, 3.63) is 23.3 Å². The Morgan fingerprint density at radius 1 is 1.18 bits per heavy atom. The number of aryl methyl sites for hydroxylation is 2. The molecule has 0 atom stereocenters. The molecule has 0 unspecified atom stereocenters. The number of hydrogen-bond acceptors (Lipinski definition) is 3. The number of rotatable bonds is 4. The number of hydrogen-bond donors (Lipinski definition) is 1. The van der Waals surface area contributed by atoms with Gasteiger partial charge in [-0.3, -0.25) is 5.32 Å². The van der Waals surface area contributed by atoms with Crippen molar-refractivity contribution < 1.29 is 14.3 Å². The van der Waals surface area contributed by atoms with E-state index in [1.54, 1.807) is 6.92 Å². The quantitative estimate of drug-likeness (QED) is 0.874. The van der Waals surface area contributed by atoms with Crippen LogP contribution in [0.15, 0.2) is 12.1 Å². The van der Waals surface area contributed by atoms with Gasteiger partial charge in [-0.1, -0.05) is 0 Å². The molecule has 4 nitrogen and oxygen atoms in total. The largest absolute Gasteiger partial charge is 0.494 e. The number of nitrogens with one attached hydrogen (secondary N) is 1. The van der Waals surface area contributed by atoms with E-state index in [-0.39, 0.29) is 0 Å². The van der Waals surface area contributed by atoms with Gasteiger partial charge in [0.2, 0.25) is 0 Å². The molecule has 94 valence electrons. The molecule has 1 aromatic carbocycles. The maximum atomic E-state index is 11.3. The molecule has 0 spiro atoms. The summed E-state index contributed by atoms with van der Waals surface area (Å²) in [5, 5.41) is 2.70. The first-order valence-corrected chi connectivity index (χ1v) is 5.76. The van der Waals surface area contributed by atoms with Crippen molar-refractivity contribution >= 4 is 11.8 Å². The molecule has 1 rings (SSSR count). The summed E-state index contributed by atoms with van der Waals surface area (Å²) in [6, 6.07) is 3.80. The van der Waals surface area contributed by atoms with Gasteiger partial charge in [0, 0.05) is 5.69 Å². The van der Waals surface area contributed by atoms with Crippen LogP contribution in [-0.2, 0) is 4.74 Å². The summed E-state index contributed by atoms with van der Waals surface area (Å²) >= 11 is 0. The number of benzene rings is 1. The van der Waals surface area contributed by atoms with Gasteiger partial charge in [-0.2, -0.15) is 0 Å². The van der Waals surface area contributed by atoms with Crippen LogP contribution in [0.2, 0.25) is 0 Å². The van der Waals surface area contributed by atoms with Gasteiger partial charge in [0.1, 0.15) is 5.75 Å². The third kappa shape index (κ3) is 3.66. The zero-order valence-corrected chi connectivity index (χ0v) is 10.8. The van der Waals surface area contributed by atoms with Crippen LogP contribution in [0.5, 0.6) is 5.75 Å². The van der Waals surface area contributed by atoms with E-state index >= 15 is 0 Å². The molecule has 4 heteroatoms. The highest BCUT2D eigenvalue weighted by atomic mass is 16.5. The summed E-state index contributed by atoms with van der Waals surface area (Å²) in [5.41, 5.74) is 2.70. The van der Waals surface area contributed by atoms with Crippen LogP contribution < -0.4 is 10.1 Å². The lowest BCUT2D eigenvalue weighted by molar-refractivity contribution is 0.168. The van der Waals surface area contributed by atoms with Crippen LogP contribution in [0.1, 0.15) is 25.0 Å². The van der Waals surface area contributed by atoms with Crippen molar-refractivity contribution in [2.75, 3.05) is 18.5 Å². The van der Waals surface area contributed by atoms with Gasteiger partial charge in [-0.15, -0.1) is 0 Å². The third-order valence-electron chi connectivity index (χ3n) is 2.33. The van der Waals surface area contributed by atoms with Crippen LogP contribution in [0.25, 0.3) is 0 Å². The van der Waals surface area contributed by atoms with Gasteiger partial charge in [-0.05, 0) is 51.0 Å². The first kappa shape index (κ1) is 13.4. The maximum absolute atomic E-state index is 11.3. The van der Waals surface area contributed by atoms with Crippen LogP contribution in [0.3, 0.4) is 0 Å². The number of carbonyl (C=O) groups is 1. The Bertz CT molecular complexity index is 402. The fourth-order valence-electron chi connectivity index (χ4n) is 1.51. The number of carbonyl (C=O) groups excluding carboxylic acids is 1. The van der Waals surface area contributed by atoms with E-state index in [9.17, 15) is 4.79 Å². The van der Waals surface area contributed by atoms with Crippen molar-refractivity contribution in [2.45, 2.75) is 27.7 Å². The molecular formula is C13H19NO3. The average Bonchev–Trinajstić information content (AvgIpc) is 2.26. The predicted molar refractivity (Wildman–Crippen MR) is 67.7 cm³/mol. The summed E-state index contributed by atoms with van der Waals surface area (Å²) in [6.07, 6.45) is -0.431. The molecule has 1 aromatic rings. The van der Waals surface area contributed by atoms with Gasteiger partial charge in [-0.25, -0.2) is 4.79 Å². The lowest BCUT2D eigenvalue weighted by Gasteiger charge is -2.13. The average molecular weight is 237 g/mol. The standard InChI is InChI=1S/C13H19NO3/c1-5-16-12-8-9(3)11(7-10(12)4)14-13(15)17-6-2/h7-8H,5-6H2,1-4H3,(H,14,15). The third-order valence-corrected chi connectivity index (χ3v) is 2.33. The van der Waals surface area contributed by atoms with Gasteiger partial charge in [0.15, 0.2) is 0 Å². The van der Waals surface area contributed by atoms with E-state index in [0.29, 0.717) is 13.2 Å². The van der Waals surface area contributed by atoms with E-state index in [0.717, 1.165) is 22.6 Å². The molecule has 1 amide bonds. The highest BCUT2D eigenvalue weighted by Crippen LogP contribution is 2.26. The normalized spacial score (nSPS) is 9.88. The monoisotopic (exact) mass is 237 g/mol. The Morgan fingerprint density at radius 2 is 1.88 bits per heavy atom. The van der Waals surface area contributed by atoms with Gasteiger partial charge in [0.05, 0.1) is 13.2 Å². The Morgan fingerprint density at radius 3 is 2.47 bits per heavy atom. The summed E-state index contributed by atoms with van der Waals surface area (Å²) in [6.45, 7) is 8.57. The molecule has 0 radical (unpaired) electrons. The molecule has 0 aliphatic rings. The minimum Gasteiger partial charge on any atom is -0.494 e. The molecule has 0 bridgehead atoms. The summed E-state index contributed by atoms with van der Waals surface area (Å²) in [5.74, 6) is 0.847. The number of ether oxygens (including phenoxy) is 2. The molecule has 0 heterocycles. The highest BCUT2D eigenvalue weighted by Gasteiger charge is 2.08. The molecule has 0 aliphatic carbocycles. The molecule has 0 aliphatic heterocycles. The Kier molecular flexibility index (Phi) is 4.82. The zero-order chi connectivity index (χ0) is 12.8. The van der Waals surface area contributed by atoms with Gasteiger partial charge >= 0.3 is 6.09 Å². The SMILES string of the molecule is CCOC(=O)Nc1cc(C)c(OCC)cc1C. The van der Waals surface area contributed by atoms with Crippen LogP contribution in [0, 0.1) is 13.8 Å². The molecule has 0 saturated heterocycles. The fourth-order valence-corrected chi connectivity index (χ4v) is 1.51. The predicted octanol–water partition coefficient (Wildman–Crippen LogP) is 3.27. The van der Waals surface area contributed by atoms with Crippen LogP contribution in [0.4, 0.5) is 10.5 Å². The topological polar surface area (TPSA) is 47.6 Å². The number of amides is 1.